The third-order valence-corrected chi connectivity index (χ3v) is 5.09. The van der Waals surface area contributed by atoms with Gasteiger partial charge in [-0.3, -0.25) is 10.4 Å². The van der Waals surface area contributed by atoms with Crippen LogP contribution in [0.3, 0.4) is 0 Å². The SMILES string of the molecule is O=C(Nc1ccc(Oc2ncnc3[nH]ncc23)cc1)Nc1nc(-c2ccccc2)cs1. The van der Waals surface area contributed by atoms with Crippen molar-refractivity contribution < 1.29 is 9.53 Å². The largest absolute Gasteiger partial charge is 0.438 e. The van der Waals surface area contributed by atoms with Gasteiger partial charge in [-0.2, -0.15) is 5.10 Å². The number of H-pyrrole nitrogens is 1. The first-order chi connectivity index (χ1) is 15.2. The molecule has 0 atom stereocenters. The maximum atomic E-state index is 12.3. The van der Waals surface area contributed by atoms with Gasteiger partial charge in [0, 0.05) is 16.6 Å². The van der Waals surface area contributed by atoms with Crippen LogP contribution in [0.1, 0.15) is 0 Å². The summed E-state index contributed by atoms with van der Waals surface area (Å²) in [5.74, 6) is 0.967. The van der Waals surface area contributed by atoms with E-state index in [9.17, 15) is 4.79 Å². The number of nitrogens with one attached hydrogen (secondary N) is 3. The normalized spacial score (nSPS) is 10.7. The van der Waals surface area contributed by atoms with Crippen molar-refractivity contribution in [2.24, 2.45) is 0 Å². The fraction of sp³-hybridized carbons (Fsp3) is 0. The number of carbonyl (C=O) groups is 1. The van der Waals surface area contributed by atoms with E-state index in [4.69, 9.17) is 4.74 Å². The number of rotatable bonds is 5. The fourth-order valence-electron chi connectivity index (χ4n) is 2.87. The number of ether oxygens (including phenoxy) is 1. The minimum atomic E-state index is -0.376. The molecule has 0 saturated heterocycles. The number of fused-ring (bicyclic) bond motifs is 1. The molecule has 31 heavy (non-hydrogen) atoms. The predicted molar refractivity (Wildman–Crippen MR) is 118 cm³/mol. The summed E-state index contributed by atoms with van der Waals surface area (Å²) in [5.41, 5.74) is 3.02. The summed E-state index contributed by atoms with van der Waals surface area (Å²) in [7, 11) is 0. The first-order valence-electron chi connectivity index (χ1n) is 9.25. The second-order valence-corrected chi connectivity index (χ2v) is 7.28. The van der Waals surface area contributed by atoms with E-state index in [-0.39, 0.29) is 6.03 Å². The molecule has 3 N–H and O–H groups in total. The van der Waals surface area contributed by atoms with Crippen LogP contribution in [0.15, 0.2) is 72.5 Å². The number of aromatic amines is 1. The van der Waals surface area contributed by atoms with E-state index in [1.165, 1.54) is 17.7 Å². The van der Waals surface area contributed by atoms with Gasteiger partial charge in [0.05, 0.1) is 11.9 Å². The number of hydrogen-bond acceptors (Lipinski definition) is 7. The molecule has 5 aromatic rings. The van der Waals surface area contributed by atoms with Gasteiger partial charge in [0.15, 0.2) is 10.8 Å². The molecule has 0 aliphatic heterocycles. The minimum absolute atomic E-state index is 0.376. The topological polar surface area (TPSA) is 118 Å². The first kappa shape index (κ1) is 18.7. The van der Waals surface area contributed by atoms with Crippen LogP contribution in [0.5, 0.6) is 11.6 Å². The van der Waals surface area contributed by atoms with Crippen LogP contribution < -0.4 is 15.4 Å². The van der Waals surface area contributed by atoms with Crippen LogP contribution in [0, 0.1) is 0 Å². The number of anilines is 2. The molecule has 2 amide bonds. The zero-order valence-electron chi connectivity index (χ0n) is 15.9. The molecular weight excluding hydrogens is 414 g/mol. The van der Waals surface area contributed by atoms with E-state index in [1.54, 1.807) is 30.5 Å². The Kier molecular flexibility index (Phi) is 4.95. The zero-order chi connectivity index (χ0) is 21.0. The second-order valence-electron chi connectivity index (χ2n) is 6.42. The molecule has 5 rings (SSSR count). The summed E-state index contributed by atoms with van der Waals surface area (Å²) in [6, 6.07) is 16.4. The summed E-state index contributed by atoms with van der Waals surface area (Å²) in [6.45, 7) is 0. The number of nitrogens with zero attached hydrogens (tertiary/aromatic N) is 4. The highest BCUT2D eigenvalue weighted by Gasteiger charge is 2.10. The first-order valence-corrected chi connectivity index (χ1v) is 10.1. The molecule has 0 saturated carbocycles. The van der Waals surface area contributed by atoms with Crippen molar-refractivity contribution in [2.45, 2.75) is 0 Å². The van der Waals surface area contributed by atoms with Gasteiger partial charge in [-0.25, -0.2) is 19.7 Å². The van der Waals surface area contributed by atoms with Crippen molar-refractivity contribution in [1.29, 1.82) is 0 Å². The average molecular weight is 429 g/mol. The third kappa shape index (κ3) is 4.19. The quantitative estimate of drug-likeness (QED) is 0.365. The Morgan fingerprint density at radius 1 is 1.00 bits per heavy atom. The van der Waals surface area contributed by atoms with E-state index in [0.29, 0.717) is 33.5 Å². The monoisotopic (exact) mass is 429 g/mol. The number of urea groups is 1. The van der Waals surface area contributed by atoms with E-state index in [0.717, 1.165) is 11.3 Å². The number of benzene rings is 2. The molecule has 10 heteroatoms. The van der Waals surface area contributed by atoms with E-state index < -0.39 is 0 Å². The highest BCUT2D eigenvalue weighted by molar-refractivity contribution is 7.14. The van der Waals surface area contributed by atoms with Gasteiger partial charge < -0.3 is 10.1 Å². The van der Waals surface area contributed by atoms with Gasteiger partial charge in [-0.05, 0) is 24.3 Å². The Morgan fingerprint density at radius 2 is 1.84 bits per heavy atom. The molecule has 2 aromatic carbocycles. The van der Waals surface area contributed by atoms with Gasteiger partial charge in [-0.15, -0.1) is 11.3 Å². The number of aromatic nitrogens is 5. The summed E-state index contributed by atoms with van der Waals surface area (Å²) in [4.78, 5) is 25.0. The van der Waals surface area contributed by atoms with Gasteiger partial charge in [0.2, 0.25) is 5.88 Å². The highest BCUT2D eigenvalue weighted by Crippen LogP contribution is 2.27. The molecule has 0 radical (unpaired) electrons. The lowest BCUT2D eigenvalue weighted by Gasteiger charge is -2.08. The van der Waals surface area contributed by atoms with Gasteiger partial charge in [-0.1, -0.05) is 30.3 Å². The maximum Gasteiger partial charge on any atom is 0.325 e. The van der Waals surface area contributed by atoms with Gasteiger partial charge >= 0.3 is 6.03 Å². The summed E-state index contributed by atoms with van der Waals surface area (Å²) in [6.07, 6.45) is 3.00. The van der Waals surface area contributed by atoms with Crippen molar-refractivity contribution >= 4 is 39.2 Å². The Labute approximate surface area is 180 Å². The summed E-state index contributed by atoms with van der Waals surface area (Å²) < 4.78 is 5.80. The molecule has 0 bridgehead atoms. The van der Waals surface area contributed by atoms with Gasteiger partial charge in [0.1, 0.15) is 17.5 Å². The lowest BCUT2D eigenvalue weighted by atomic mass is 10.2. The molecule has 9 nitrogen and oxygen atoms in total. The van der Waals surface area contributed by atoms with Crippen molar-refractivity contribution in [3.8, 4) is 22.9 Å². The fourth-order valence-corrected chi connectivity index (χ4v) is 3.59. The minimum Gasteiger partial charge on any atom is -0.438 e. The summed E-state index contributed by atoms with van der Waals surface area (Å²) >= 11 is 1.37. The molecule has 0 unspecified atom stereocenters. The van der Waals surface area contributed by atoms with Crippen molar-refractivity contribution in [3.05, 3.63) is 72.5 Å². The van der Waals surface area contributed by atoms with E-state index in [1.807, 2.05) is 35.7 Å². The van der Waals surface area contributed by atoms with Crippen molar-refractivity contribution in [2.75, 3.05) is 10.6 Å². The lowest BCUT2D eigenvalue weighted by molar-refractivity contribution is 0.262. The number of amides is 2. The van der Waals surface area contributed by atoms with Crippen LogP contribution >= 0.6 is 11.3 Å². The van der Waals surface area contributed by atoms with Crippen LogP contribution in [0.25, 0.3) is 22.3 Å². The van der Waals surface area contributed by atoms with E-state index >= 15 is 0 Å². The Morgan fingerprint density at radius 3 is 2.68 bits per heavy atom. The maximum absolute atomic E-state index is 12.3. The predicted octanol–water partition coefficient (Wildman–Crippen LogP) is 4.91. The molecule has 3 heterocycles. The zero-order valence-corrected chi connectivity index (χ0v) is 16.8. The molecule has 152 valence electrons. The molecular formula is C21H15N7O2S. The molecule has 0 spiro atoms. The molecule has 0 aliphatic carbocycles. The second kappa shape index (κ2) is 8.20. The Hall–Kier alpha value is -4.31. The lowest BCUT2D eigenvalue weighted by Crippen LogP contribution is -2.19. The molecule has 0 fully saturated rings. The number of hydrogen-bond donors (Lipinski definition) is 3. The van der Waals surface area contributed by atoms with Crippen LogP contribution in [0.2, 0.25) is 0 Å². The van der Waals surface area contributed by atoms with E-state index in [2.05, 4.69) is 35.8 Å². The standard InChI is InChI=1S/C21H15N7O2S/c29-20(27-21-26-17(11-31-21)13-4-2-1-3-5-13)25-14-6-8-15(9-7-14)30-19-16-10-24-28-18(16)22-12-23-19/h1-12H,(H,22,23,24,28)(H2,25,26,27,29). The van der Waals surface area contributed by atoms with Crippen molar-refractivity contribution in [3.63, 3.8) is 0 Å². The van der Waals surface area contributed by atoms with Gasteiger partial charge in [0.25, 0.3) is 0 Å². The average Bonchev–Trinajstić information content (AvgIpc) is 3.46. The molecule has 0 aliphatic rings. The summed E-state index contributed by atoms with van der Waals surface area (Å²) in [5, 5.41) is 15.3. The Bertz CT molecular complexity index is 1330. The number of carbonyl (C=O) groups excluding carboxylic acids is 1. The molecule has 3 aromatic heterocycles. The number of thiazole rings is 1. The highest BCUT2D eigenvalue weighted by atomic mass is 32.1. The Balaban J connectivity index is 1.21. The third-order valence-electron chi connectivity index (χ3n) is 4.33. The van der Waals surface area contributed by atoms with Crippen molar-refractivity contribution in [1.82, 2.24) is 25.1 Å². The van der Waals surface area contributed by atoms with Crippen LogP contribution in [0.4, 0.5) is 15.6 Å². The van der Waals surface area contributed by atoms with Crippen LogP contribution in [-0.2, 0) is 0 Å². The smallest absolute Gasteiger partial charge is 0.325 e. The van der Waals surface area contributed by atoms with Crippen LogP contribution in [-0.4, -0.2) is 31.2 Å².